The van der Waals surface area contributed by atoms with Gasteiger partial charge in [-0.15, -0.1) is 0 Å². The third kappa shape index (κ3) is 1.42. The van der Waals surface area contributed by atoms with E-state index in [4.69, 9.17) is 11.6 Å². The van der Waals surface area contributed by atoms with Gasteiger partial charge in [-0.3, -0.25) is 0 Å². The largest absolute Gasteiger partial charge is 0.361 e. The van der Waals surface area contributed by atoms with Gasteiger partial charge in [0.1, 0.15) is 6.29 Å². The van der Waals surface area contributed by atoms with Crippen LogP contribution in [-0.2, 0) is 4.79 Å². The minimum atomic E-state index is -0.0788. The van der Waals surface area contributed by atoms with Gasteiger partial charge in [0.05, 0.1) is 0 Å². The van der Waals surface area contributed by atoms with Crippen LogP contribution in [0.5, 0.6) is 0 Å². The van der Waals surface area contributed by atoms with Gasteiger partial charge in [-0.05, 0) is 17.7 Å². The number of nitrogens with one attached hydrogen (secondary N) is 1. The highest BCUT2D eigenvalue weighted by molar-refractivity contribution is 6.31. The number of carbonyl (C=O) groups is 1. The Hall–Kier alpha value is -1.28. The number of fused-ring (bicyclic) bond motifs is 1. The fourth-order valence-electron chi connectivity index (χ4n) is 1.57. The summed E-state index contributed by atoms with van der Waals surface area (Å²) in [6.45, 7) is 1.88. The van der Waals surface area contributed by atoms with Crippen molar-refractivity contribution in [3.8, 4) is 0 Å². The predicted molar refractivity (Wildman–Crippen MR) is 57.8 cm³/mol. The van der Waals surface area contributed by atoms with Crippen molar-refractivity contribution in [2.45, 2.75) is 12.8 Å². The fourth-order valence-corrected chi connectivity index (χ4v) is 1.74. The molecular formula is C11H10ClNO. The number of hydrogen-bond acceptors (Lipinski definition) is 1. The summed E-state index contributed by atoms with van der Waals surface area (Å²) < 4.78 is 0. The van der Waals surface area contributed by atoms with E-state index >= 15 is 0 Å². The number of H-pyrrole nitrogens is 1. The van der Waals surface area contributed by atoms with Crippen LogP contribution in [0.2, 0.25) is 5.02 Å². The summed E-state index contributed by atoms with van der Waals surface area (Å²) in [5.74, 6) is -0.0788. The quantitative estimate of drug-likeness (QED) is 0.755. The van der Waals surface area contributed by atoms with Gasteiger partial charge in [0, 0.05) is 28.0 Å². The maximum absolute atomic E-state index is 10.7. The van der Waals surface area contributed by atoms with Crippen LogP contribution >= 0.6 is 11.6 Å². The van der Waals surface area contributed by atoms with Crippen molar-refractivity contribution in [1.82, 2.24) is 4.98 Å². The summed E-state index contributed by atoms with van der Waals surface area (Å²) in [5.41, 5.74) is 1.99. The summed E-state index contributed by atoms with van der Waals surface area (Å²) in [6.07, 6.45) is 2.80. The lowest BCUT2D eigenvalue weighted by Crippen LogP contribution is -1.91. The van der Waals surface area contributed by atoms with Crippen LogP contribution in [0.15, 0.2) is 24.4 Å². The number of aromatic amines is 1. The van der Waals surface area contributed by atoms with Gasteiger partial charge in [-0.1, -0.05) is 24.6 Å². The minimum Gasteiger partial charge on any atom is -0.361 e. The molecule has 2 rings (SSSR count). The lowest BCUT2D eigenvalue weighted by molar-refractivity contribution is -0.108. The first-order valence-electron chi connectivity index (χ1n) is 4.44. The molecule has 0 aliphatic carbocycles. The van der Waals surface area contributed by atoms with Crippen LogP contribution in [0, 0.1) is 0 Å². The third-order valence-electron chi connectivity index (χ3n) is 2.37. The SMILES string of the molecule is CC(C=O)c1c[nH]c2cc(Cl)ccc12. The van der Waals surface area contributed by atoms with Crippen LogP contribution in [0.1, 0.15) is 18.4 Å². The molecule has 0 amide bonds. The Morgan fingerprint density at radius 3 is 3.00 bits per heavy atom. The second kappa shape index (κ2) is 3.46. The van der Waals surface area contributed by atoms with Gasteiger partial charge >= 0.3 is 0 Å². The first-order valence-corrected chi connectivity index (χ1v) is 4.82. The van der Waals surface area contributed by atoms with Crippen LogP contribution < -0.4 is 0 Å². The maximum atomic E-state index is 10.7. The molecule has 0 radical (unpaired) electrons. The highest BCUT2D eigenvalue weighted by Gasteiger charge is 2.09. The molecule has 1 aromatic heterocycles. The van der Waals surface area contributed by atoms with Crippen molar-refractivity contribution < 1.29 is 4.79 Å². The van der Waals surface area contributed by atoms with E-state index in [0.717, 1.165) is 22.8 Å². The minimum absolute atomic E-state index is 0.0788. The summed E-state index contributed by atoms with van der Waals surface area (Å²) >= 11 is 5.85. The molecule has 72 valence electrons. The summed E-state index contributed by atoms with van der Waals surface area (Å²) in [4.78, 5) is 13.8. The van der Waals surface area contributed by atoms with Crippen molar-refractivity contribution in [1.29, 1.82) is 0 Å². The van der Waals surface area contributed by atoms with Gasteiger partial charge in [-0.25, -0.2) is 0 Å². The normalized spacial score (nSPS) is 13.0. The van der Waals surface area contributed by atoms with Gasteiger partial charge in [0.15, 0.2) is 0 Å². The Bertz CT molecular complexity index is 475. The smallest absolute Gasteiger partial charge is 0.127 e. The molecule has 0 aliphatic heterocycles. The molecule has 1 heterocycles. The average Bonchev–Trinajstić information content (AvgIpc) is 2.59. The van der Waals surface area contributed by atoms with Gasteiger partial charge in [-0.2, -0.15) is 0 Å². The van der Waals surface area contributed by atoms with E-state index in [0.29, 0.717) is 5.02 Å². The van der Waals surface area contributed by atoms with Crippen LogP contribution in [-0.4, -0.2) is 11.3 Å². The highest BCUT2D eigenvalue weighted by atomic mass is 35.5. The first kappa shape index (κ1) is 9.28. The molecule has 0 aliphatic rings. The van der Waals surface area contributed by atoms with Crippen molar-refractivity contribution in [3.63, 3.8) is 0 Å². The number of hydrogen-bond donors (Lipinski definition) is 1. The molecule has 0 fully saturated rings. The van der Waals surface area contributed by atoms with E-state index in [2.05, 4.69) is 4.98 Å². The number of rotatable bonds is 2. The predicted octanol–water partition coefficient (Wildman–Crippen LogP) is 3.12. The first-order chi connectivity index (χ1) is 6.72. The molecule has 2 nitrogen and oxygen atoms in total. The Morgan fingerprint density at radius 2 is 2.29 bits per heavy atom. The van der Waals surface area contributed by atoms with Crippen molar-refractivity contribution in [2.75, 3.05) is 0 Å². The van der Waals surface area contributed by atoms with E-state index in [9.17, 15) is 4.79 Å². The molecule has 1 atom stereocenters. The molecule has 3 heteroatoms. The van der Waals surface area contributed by atoms with Gasteiger partial charge < -0.3 is 9.78 Å². The standard InChI is InChI=1S/C11H10ClNO/c1-7(6-14)10-5-13-11-4-8(12)2-3-9(10)11/h2-7,13H,1H3. The third-order valence-corrected chi connectivity index (χ3v) is 2.61. The highest BCUT2D eigenvalue weighted by Crippen LogP contribution is 2.26. The second-order valence-corrected chi connectivity index (χ2v) is 3.80. The van der Waals surface area contributed by atoms with Gasteiger partial charge in [0.2, 0.25) is 0 Å². The van der Waals surface area contributed by atoms with Crippen molar-refractivity contribution in [2.24, 2.45) is 0 Å². The lowest BCUT2D eigenvalue weighted by atomic mass is 10.0. The zero-order valence-corrected chi connectivity index (χ0v) is 8.51. The summed E-state index contributed by atoms with van der Waals surface area (Å²) in [5, 5.41) is 1.76. The summed E-state index contributed by atoms with van der Waals surface area (Å²) in [6, 6.07) is 5.63. The number of aromatic nitrogens is 1. The zero-order chi connectivity index (χ0) is 10.1. The Balaban J connectivity index is 2.63. The fraction of sp³-hybridized carbons (Fsp3) is 0.182. The van der Waals surface area contributed by atoms with E-state index in [1.807, 2.05) is 31.3 Å². The molecular weight excluding hydrogens is 198 g/mol. The molecule has 1 aromatic carbocycles. The van der Waals surface area contributed by atoms with Crippen molar-refractivity contribution >= 4 is 28.8 Å². The number of carbonyl (C=O) groups excluding carboxylic acids is 1. The number of halogens is 1. The second-order valence-electron chi connectivity index (χ2n) is 3.36. The van der Waals surface area contributed by atoms with E-state index < -0.39 is 0 Å². The van der Waals surface area contributed by atoms with Crippen LogP contribution in [0.3, 0.4) is 0 Å². The Kier molecular flexibility index (Phi) is 2.30. The number of benzene rings is 1. The molecule has 0 spiro atoms. The van der Waals surface area contributed by atoms with Crippen molar-refractivity contribution in [3.05, 3.63) is 35.0 Å². The molecule has 1 unspecified atom stereocenters. The molecule has 0 saturated carbocycles. The van der Waals surface area contributed by atoms with E-state index in [-0.39, 0.29) is 5.92 Å². The molecule has 2 aromatic rings. The molecule has 0 saturated heterocycles. The van der Waals surface area contributed by atoms with E-state index in [1.165, 1.54) is 0 Å². The Morgan fingerprint density at radius 1 is 1.50 bits per heavy atom. The van der Waals surface area contributed by atoms with Gasteiger partial charge in [0.25, 0.3) is 0 Å². The lowest BCUT2D eigenvalue weighted by Gasteiger charge is -2.00. The summed E-state index contributed by atoms with van der Waals surface area (Å²) in [7, 11) is 0. The molecule has 0 bridgehead atoms. The Labute approximate surface area is 86.9 Å². The zero-order valence-electron chi connectivity index (χ0n) is 7.75. The van der Waals surface area contributed by atoms with Crippen LogP contribution in [0.4, 0.5) is 0 Å². The van der Waals surface area contributed by atoms with E-state index in [1.54, 1.807) is 0 Å². The molecule has 1 N–H and O–H groups in total. The maximum Gasteiger partial charge on any atom is 0.127 e. The van der Waals surface area contributed by atoms with Crippen LogP contribution in [0.25, 0.3) is 10.9 Å². The monoisotopic (exact) mass is 207 g/mol. The topological polar surface area (TPSA) is 32.9 Å². The molecule has 14 heavy (non-hydrogen) atoms. The average molecular weight is 208 g/mol. The number of aldehydes is 1.